The van der Waals surface area contributed by atoms with E-state index in [1.54, 1.807) is 24.3 Å². The van der Waals surface area contributed by atoms with Crippen LogP contribution in [-0.4, -0.2) is 29.3 Å². The molecule has 0 aromatic heterocycles. The van der Waals surface area contributed by atoms with Gasteiger partial charge in [-0.3, -0.25) is 30.6 Å². The van der Waals surface area contributed by atoms with Gasteiger partial charge >= 0.3 is 5.97 Å². The van der Waals surface area contributed by atoms with Crippen LogP contribution in [0.15, 0.2) is 54.6 Å². The number of amides is 2. The Hall–Kier alpha value is -3.72. The van der Waals surface area contributed by atoms with Crippen molar-refractivity contribution in [1.29, 1.82) is 0 Å². The second kappa shape index (κ2) is 9.83. The summed E-state index contributed by atoms with van der Waals surface area (Å²) in [5.74, 6) is -2.19. The Morgan fingerprint density at radius 1 is 1.04 bits per heavy atom. The molecule has 2 aromatic rings. The Balaban J connectivity index is 1.74. The van der Waals surface area contributed by atoms with Crippen LogP contribution in [0, 0.1) is 10.1 Å². The summed E-state index contributed by atoms with van der Waals surface area (Å²) < 4.78 is 4.74. The molecule has 0 saturated carbocycles. The van der Waals surface area contributed by atoms with Crippen molar-refractivity contribution in [1.82, 2.24) is 10.9 Å². The largest absolute Gasteiger partial charge is 0.452 e. The van der Waals surface area contributed by atoms with Crippen LogP contribution >= 0.6 is 11.6 Å². The molecule has 2 rings (SSSR count). The standard InChI is InChI=1S/C18H14ClN3O6/c19-14-6-1-12(2-7-14)3-10-17(24)28-11-16(23)20-21-18(25)13-4-8-15(9-5-13)22(26)27/h1-10H,11H2,(H,20,23)(H,21,25)/b10-3+. The van der Waals surface area contributed by atoms with Crippen molar-refractivity contribution >= 4 is 41.1 Å². The third kappa shape index (κ3) is 6.54. The van der Waals surface area contributed by atoms with Gasteiger partial charge in [0.05, 0.1) is 4.92 Å². The highest BCUT2D eigenvalue weighted by molar-refractivity contribution is 6.30. The molecule has 10 heteroatoms. The molecular formula is C18H14ClN3O6. The summed E-state index contributed by atoms with van der Waals surface area (Å²) in [6.45, 7) is -0.607. The van der Waals surface area contributed by atoms with Gasteiger partial charge in [-0.05, 0) is 35.9 Å². The molecule has 0 radical (unpaired) electrons. The Morgan fingerprint density at radius 2 is 1.68 bits per heavy atom. The van der Waals surface area contributed by atoms with Crippen molar-refractivity contribution in [2.75, 3.05) is 6.61 Å². The molecule has 0 fully saturated rings. The van der Waals surface area contributed by atoms with Crippen LogP contribution in [0.1, 0.15) is 15.9 Å². The monoisotopic (exact) mass is 403 g/mol. The maximum absolute atomic E-state index is 11.8. The van der Waals surface area contributed by atoms with Crippen molar-refractivity contribution in [3.8, 4) is 0 Å². The fourth-order valence-electron chi connectivity index (χ4n) is 1.89. The SMILES string of the molecule is O=C(COC(=O)/C=C/c1ccc(Cl)cc1)NNC(=O)c1ccc([N+](=O)[O-])cc1. The normalized spacial score (nSPS) is 10.3. The number of nitrogens with one attached hydrogen (secondary N) is 2. The van der Waals surface area contributed by atoms with Gasteiger partial charge in [-0.15, -0.1) is 0 Å². The minimum atomic E-state index is -0.761. The zero-order chi connectivity index (χ0) is 20.5. The molecule has 2 N–H and O–H groups in total. The molecule has 0 aliphatic carbocycles. The highest BCUT2D eigenvalue weighted by Crippen LogP contribution is 2.12. The quantitative estimate of drug-likeness (QED) is 0.329. The van der Waals surface area contributed by atoms with Crippen molar-refractivity contribution in [2.45, 2.75) is 0 Å². The lowest BCUT2D eigenvalue weighted by Gasteiger charge is -2.07. The average molecular weight is 404 g/mol. The molecule has 2 aromatic carbocycles. The van der Waals surface area contributed by atoms with Gasteiger partial charge in [-0.2, -0.15) is 0 Å². The number of benzene rings is 2. The maximum atomic E-state index is 11.8. The predicted molar refractivity (Wildman–Crippen MR) is 100 cm³/mol. The number of non-ortho nitro benzene ring substituents is 1. The molecule has 0 aliphatic heterocycles. The van der Waals surface area contributed by atoms with Gasteiger partial charge in [0.25, 0.3) is 17.5 Å². The summed E-state index contributed by atoms with van der Waals surface area (Å²) >= 11 is 5.75. The Labute approximate surface area is 164 Å². The molecule has 2 amide bonds. The van der Waals surface area contributed by atoms with Gasteiger partial charge in [0.15, 0.2) is 6.61 Å². The number of hydrogen-bond donors (Lipinski definition) is 2. The zero-order valence-electron chi connectivity index (χ0n) is 14.3. The molecule has 0 saturated heterocycles. The molecule has 0 heterocycles. The number of nitro benzene ring substituents is 1. The Morgan fingerprint density at radius 3 is 2.29 bits per heavy atom. The van der Waals surface area contributed by atoms with E-state index in [-0.39, 0.29) is 11.3 Å². The predicted octanol–water partition coefficient (Wildman–Crippen LogP) is 2.27. The molecule has 0 bridgehead atoms. The Kier molecular flexibility index (Phi) is 7.23. The van der Waals surface area contributed by atoms with E-state index in [0.29, 0.717) is 5.02 Å². The second-order valence-corrected chi connectivity index (χ2v) is 5.74. The summed E-state index contributed by atoms with van der Waals surface area (Å²) in [6.07, 6.45) is 2.64. The molecule has 28 heavy (non-hydrogen) atoms. The summed E-state index contributed by atoms with van der Waals surface area (Å²) in [6, 6.07) is 11.5. The van der Waals surface area contributed by atoms with E-state index in [0.717, 1.165) is 23.8 Å². The van der Waals surface area contributed by atoms with E-state index in [1.807, 2.05) is 0 Å². The minimum Gasteiger partial charge on any atom is -0.452 e. The number of hydrogen-bond acceptors (Lipinski definition) is 6. The maximum Gasteiger partial charge on any atom is 0.331 e. The smallest absolute Gasteiger partial charge is 0.331 e. The van der Waals surface area contributed by atoms with Crippen molar-refractivity contribution in [2.24, 2.45) is 0 Å². The van der Waals surface area contributed by atoms with Crippen LogP contribution in [0.5, 0.6) is 0 Å². The fourth-order valence-corrected chi connectivity index (χ4v) is 2.02. The number of carbonyl (C=O) groups excluding carboxylic acids is 3. The third-order valence-corrected chi connectivity index (χ3v) is 3.54. The molecule has 0 atom stereocenters. The Bertz CT molecular complexity index is 910. The minimum absolute atomic E-state index is 0.105. The van der Waals surface area contributed by atoms with Gasteiger partial charge in [-0.1, -0.05) is 23.7 Å². The summed E-state index contributed by atoms with van der Waals surface area (Å²) in [5.41, 5.74) is 4.83. The first-order valence-electron chi connectivity index (χ1n) is 7.79. The lowest BCUT2D eigenvalue weighted by atomic mass is 10.2. The number of hydrazine groups is 1. The molecule has 0 unspecified atom stereocenters. The highest BCUT2D eigenvalue weighted by atomic mass is 35.5. The molecule has 0 spiro atoms. The van der Waals surface area contributed by atoms with Crippen molar-refractivity contribution < 1.29 is 24.0 Å². The van der Waals surface area contributed by atoms with E-state index in [9.17, 15) is 24.5 Å². The van der Waals surface area contributed by atoms with Crippen molar-refractivity contribution in [3.63, 3.8) is 0 Å². The molecule has 144 valence electrons. The van der Waals surface area contributed by atoms with E-state index in [1.165, 1.54) is 18.2 Å². The summed E-state index contributed by atoms with van der Waals surface area (Å²) in [4.78, 5) is 45.0. The highest BCUT2D eigenvalue weighted by Gasteiger charge is 2.11. The molecular weight excluding hydrogens is 390 g/mol. The molecule has 9 nitrogen and oxygen atoms in total. The van der Waals surface area contributed by atoms with Crippen LogP contribution in [-0.2, 0) is 14.3 Å². The van der Waals surface area contributed by atoms with Crippen LogP contribution in [0.25, 0.3) is 6.08 Å². The first kappa shape index (κ1) is 20.6. The number of halogens is 1. The van der Waals surface area contributed by atoms with Crippen LogP contribution in [0.3, 0.4) is 0 Å². The topological polar surface area (TPSA) is 128 Å². The van der Waals surface area contributed by atoms with E-state index in [4.69, 9.17) is 16.3 Å². The van der Waals surface area contributed by atoms with Crippen LogP contribution in [0.4, 0.5) is 5.69 Å². The van der Waals surface area contributed by atoms with Gasteiger partial charge in [0.2, 0.25) is 0 Å². The number of ether oxygens (including phenoxy) is 1. The van der Waals surface area contributed by atoms with Crippen LogP contribution < -0.4 is 10.9 Å². The summed E-state index contributed by atoms with van der Waals surface area (Å²) in [5, 5.41) is 11.1. The number of esters is 1. The zero-order valence-corrected chi connectivity index (χ0v) is 15.0. The first-order chi connectivity index (χ1) is 13.3. The number of nitro groups is 1. The lowest BCUT2D eigenvalue weighted by molar-refractivity contribution is -0.384. The fraction of sp³-hybridized carbons (Fsp3) is 0.0556. The van der Waals surface area contributed by atoms with Crippen LogP contribution in [0.2, 0.25) is 5.02 Å². The lowest BCUT2D eigenvalue weighted by Crippen LogP contribution is -2.43. The number of rotatable bonds is 6. The van der Waals surface area contributed by atoms with E-state index in [2.05, 4.69) is 10.9 Å². The number of carbonyl (C=O) groups is 3. The molecule has 0 aliphatic rings. The second-order valence-electron chi connectivity index (χ2n) is 5.30. The summed E-state index contributed by atoms with van der Waals surface area (Å²) in [7, 11) is 0. The average Bonchev–Trinajstić information content (AvgIpc) is 2.70. The van der Waals surface area contributed by atoms with E-state index < -0.39 is 29.3 Å². The van der Waals surface area contributed by atoms with Gasteiger partial charge in [0, 0.05) is 28.8 Å². The van der Waals surface area contributed by atoms with E-state index >= 15 is 0 Å². The van der Waals surface area contributed by atoms with Gasteiger partial charge in [-0.25, -0.2) is 4.79 Å². The van der Waals surface area contributed by atoms with Gasteiger partial charge < -0.3 is 4.74 Å². The third-order valence-electron chi connectivity index (χ3n) is 3.28. The van der Waals surface area contributed by atoms with Crippen molar-refractivity contribution in [3.05, 3.63) is 80.9 Å². The number of nitrogens with zero attached hydrogens (tertiary/aromatic N) is 1. The van der Waals surface area contributed by atoms with Gasteiger partial charge in [0.1, 0.15) is 0 Å². The first-order valence-corrected chi connectivity index (χ1v) is 8.17.